The molecule has 2 fully saturated rings. The molecule has 2 aliphatic heterocycles. The highest BCUT2D eigenvalue weighted by molar-refractivity contribution is 5.81. The van der Waals surface area contributed by atoms with Crippen molar-refractivity contribution in [2.45, 2.75) is 57.8 Å². The van der Waals surface area contributed by atoms with Gasteiger partial charge in [0.2, 0.25) is 0 Å². The van der Waals surface area contributed by atoms with E-state index in [-0.39, 0.29) is 11.8 Å². The number of hydrogen-bond donors (Lipinski definition) is 1. The van der Waals surface area contributed by atoms with Crippen LogP contribution in [0.1, 0.15) is 45.8 Å². The van der Waals surface area contributed by atoms with Crippen LogP contribution in [0.25, 0.3) is 22.2 Å². The van der Waals surface area contributed by atoms with Crippen LogP contribution < -0.4 is 5.32 Å². The molecular weight excluding hydrogens is 350 g/mol. The minimum absolute atomic E-state index is 0.0737. The Morgan fingerprint density at radius 2 is 2.18 bits per heavy atom. The van der Waals surface area contributed by atoms with Crippen molar-refractivity contribution in [3.05, 3.63) is 36.9 Å². The molecule has 0 aliphatic carbocycles. The Morgan fingerprint density at radius 3 is 2.96 bits per heavy atom. The Hall–Kier alpha value is -2.18. The van der Waals surface area contributed by atoms with Crippen molar-refractivity contribution in [3.8, 4) is 11.1 Å². The van der Waals surface area contributed by atoms with Crippen LogP contribution in [0.4, 0.5) is 0 Å². The fourth-order valence-electron chi connectivity index (χ4n) is 4.65. The number of nitrogens with zero attached hydrogens (tertiary/aromatic N) is 4. The van der Waals surface area contributed by atoms with Crippen LogP contribution in [0.3, 0.4) is 0 Å². The van der Waals surface area contributed by atoms with E-state index in [1.165, 1.54) is 18.2 Å². The number of ether oxygens (including phenoxy) is 1. The zero-order chi connectivity index (χ0) is 19.1. The summed E-state index contributed by atoms with van der Waals surface area (Å²) in [5, 5.41) is 9.33. The second kappa shape index (κ2) is 7.01. The molecule has 3 aromatic heterocycles. The molecule has 0 radical (unpaired) electrons. The first kappa shape index (κ1) is 17.9. The van der Waals surface area contributed by atoms with E-state index in [1.54, 1.807) is 0 Å². The summed E-state index contributed by atoms with van der Waals surface area (Å²) in [6.07, 6.45) is 12.8. The third kappa shape index (κ3) is 3.47. The largest absolute Gasteiger partial charge is 0.357 e. The topological polar surface area (TPSA) is 56.9 Å². The molecule has 0 bridgehead atoms. The van der Waals surface area contributed by atoms with E-state index >= 15 is 0 Å². The van der Waals surface area contributed by atoms with Gasteiger partial charge < -0.3 is 14.6 Å². The summed E-state index contributed by atoms with van der Waals surface area (Å²) < 4.78 is 10.1. The van der Waals surface area contributed by atoms with Gasteiger partial charge in [-0.15, -0.1) is 0 Å². The van der Waals surface area contributed by atoms with Crippen LogP contribution in [-0.2, 0) is 11.3 Å². The molecule has 1 N–H and O–H groups in total. The molecule has 6 nitrogen and oxygen atoms in total. The van der Waals surface area contributed by atoms with Gasteiger partial charge in [-0.25, -0.2) is 9.67 Å². The standard InChI is InChI=1S/C22H29N5O/c1-22(2)10-16(11-24-22)14-26-7-6-17-9-18(12-23-21(17)26)19-13-25-27(15-19)20-5-3-4-8-28-20/h6-7,9,12-13,15-16,20,24H,3-5,8,10-11,14H2,1-2H3. The molecule has 2 saturated heterocycles. The predicted molar refractivity (Wildman–Crippen MR) is 110 cm³/mol. The molecule has 0 aromatic carbocycles. The molecule has 28 heavy (non-hydrogen) atoms. The first-order chi connectivity index (χ1) is 13.6. The van der Waals surface area contributed by atoms with Gasteiger partial charge in [0, 0.05) is 60.3 Å². The molecular formula is C22H29N5O. The zero-order valence-corrected chi connectivity index (χ0v) is 16.8. The van der Waals surface area contributed by atoms with E-state index in [0.29, 0.717) is 5.92 Å². The van der Waals surface area contributed by atoms with Crippen LogP contribution in [-0.4, -0.2) is 38.0 Å². The third-order valence-corrected chi connectivity index (χ3v) is 6.11. The SMILES string of the molecule is CC1(C)CC(Cn2ccc3cc(-c4cnn(C5CCCCO5)c4)cnc32)CN1. The van der Waals surface area contributed by atoms with Crippen molar-refractivity contribution in [1.82, 2.24) is 24.6 Å². The van der Waals surface area contributed by atoms with Gasteiger partial charge in [0.05, 0.1) is 6.20 Å². The summed E-state index contributed by atoms with van der Waals surface area (Å²) >= 11 is 0. The fourth-order valence-corrected chi connectivity index (χ4v) is 4.65. The molecule has 0 saturated carbocycles. The van der Waals surface area contributed by atoms with Gasteiger partial charge >= 0.3 is 0 Å². The second-order valence-electron chi connectivity index (χ2n) is 8.97. The van der Waals surface area contributed by atoms with Crippen LogP contribution in [0, 0.1) is 5.92 Å². The average molecular weight is 380 g/mol. The van der Waals surface area contributed by atoms with Gasteiger partial charge in [0.25, 0.3) is 0 Å². The van der Waals surface area contributed by atoms with Crippen molar-refractivity contribution in [2.24, 2.45) is 5.92 Å². The normalized spacial score (nSPS) is 24.8. The molecule has 6 heteroatoms. The van der Waals surface area contributed by atoms with Crippen molar-refractivity contribution in [3.63, 3.8) is 0 Å². The minimum Gasteiger partial charge on any atom is -0.357 e. The zero-order valence-electron chi connectivity index (χ0n) is 16.8. The maximum absolute atomic E-state index is 5.84. The summed E-state index contributed by atoms with van der Waals surface area (Å²) in [4.78, 5) is 4.79. The van der Waals surface area contributed by atoms with Crippen molar-refractivity contribution >= 4 is 11.0 Å². The molecule has 0 amide bonds. The maximum Gasteiger partial charge on any atom is 0.150 e. The Labute approximate surface area is 165 Å². The van der Waals surface area contributed by atoms with Gasteiger partial charge in [-0.1, -0.05) is 0 Å². The van der Waals surface area contributed by atoms with E-state index in [4.69, 9.17) is 9.72 Å². The van der Waals surface area contributed by atoms with Crippen molar-refractivity contribution in [1.29, 1.82) is 0 Å². The molecule has 3 aromatic rings. The fraction of sp³-hybridized carbons (Fsp3) is 0.545. The van der Waals surface area contributed by atoms with E-state index in [1.807, 2.05) is 17.1 Å². The van der Waals surface area contributed by atoms with Crippen molar-refractivity contribution < 1.29 is 4.74 Å². The van der Waals surface area contributed by atoms with Crippen molar-refractivity contribution in [2.75, 3.05) is 13.2 Å². The summed E-state index contributed by atoms with van der Waals surface area (Å²) in [5.41, 5.74) is 3.52. The Kier molecular flexibility index (Phi) is 4.48. The summed E-state index contributed by atoms with van der Waals surface area (Å²) in [6.45, 7) is 7.48. The third-order valence-electron chi connectivity index (χ3n) is 6.11. The highest BCUT2D eigenvalue weighted by Gasteiger charge is 2.30. The Balaban J connectivity index is 1.35. The monoisotopic (exact) mass is 379 g/mol. The van der Waals surface area contributed by atoms with Gasteiger partial charge in [0.1, 0.15) is 11.9 Å². The van der Waals surface area contributed by atoms with Gasteiger partial charge in [-0.2, -0.15) is 5.10 Å². The van der Waals surface area contributed by atoms with Crippen LogP contribution >= 0.6 is 0 Å². The number of nitrogens with one attached hydrogen (secondary N) is 1. The molecule has 5 rings (SSSR count). The number of aromatic nitrogens is 4. The lowest BCUT2D eigenvalue weighted by atomic mass is 9.97. The summed E-state index contributed by atoms with van der Waals surface area (Å²) in [6, 6.07) is 4.40. The minimum atomic E-state index is 0.0737. The number of hydrogen-bond acceptors (Lipinski definition) is 4. The predicted octanol–water partition coefficient (Wildman–Crippen LogP) is 3.99. The maximum atomic E-state index is 5.84. The molecule has 5 heterocycles. The number of pyridine rings is 1. The highest BCUT2D eigenvalue weighted by atomic mass is 16.5. The van der Waals surface area contributed by atoms with Crippen LogP contribution in [0.2, 0.25) is 0 Å². The first-order valence-electron chi connectivity index (χ1n) is 10.4. The second-order valence-corrected chi connectivity index (χ2v) is 8.97. The first-order valence-corrected chi connectivity index (χ1v) is 10.4. The van der Waals surface area contributed by atoms with E-state index in [2.05, 4.69) is 53.4 Å². The molecule has 0 spiro atoms. The van der Waals surface area contributed by atoms with Gasteiger partial charge in [0.15, 0.2) is 0 Å². The van der Waals surface area contributed by atoms with E-state index in [9.17, 15) is 0 Å². The Morgan fingerprint density at radius 1 is 1.25 bits per heavy atom. The summed E-state index contributed by atoms with van der Waals surface area (Å²) in [5.74, 6) is 0.654. The quantitative estimate of drug-likeness (QED) is 0.745. The van der Waals surface area contributed by atoms with E-state index in [0.717, 1.165) is 49.3 Å². The molecule has 2 unspecified atom stereocenters. The molecule has 2 atom stereocenters. The lowest BCUT2D eigenvalue weighted by molar-refractivity contribution is -0.0394. The molecule has 148 valence electrons. The lowest BCUT2D eigenvalue weighted by Crippen LogP contribution is -2.31. The average Bonchev–Trinajstić information content (AvgIpc) is 3.41. The van der Waals surface area contributed by atoms with Gasteiger partial charge in [-0.05, 0) is 57.6 Å². The van der Waals surface area contributed by atoms with E-state index < -0.39 is 0 Å². The number of rotatable bonds is 4. The number of fused-ring (bicyclic) bond motifs is 1. The molecule has 2 aliphatic rings. The smallest absolute Gasteiger partial charge is 0.150 e. The lowest BCUT2D eigenvalue weighted by Gasteiger charge is -2.22. The van der Waals surface area contributed by atoms with Gasteiger partial charge in [-0.3, -0.25) is 0 Å². The van der Waals surface area contributed by atoms with Crippen LogP contribution in [0.5, 0.6) is 0 Å². The Bertz CT molecular complexity index is 966. The highest BCUT2D eigenvalue weighted by Crippen LogP contribution is 2.29. The van der Waals surface area contributed by atoms with Crippen LogP contribution in [0.15, 0.2) is 36.9 Å². The summed E-state index contributed by atoms with van der Waals surface area (Å²) in [7, 11) is 0.